The number of halogens is 2. The highest BCUT2D eigenvalue weighted by atomic mass is 19.1. The molecule has 96 valence electrons. The number of aliphatic hydroxyl groups excluding tert-OH is 1. The third-order valence-corrected chi connectivity index (χ3v) is 2.54. The molecule has 0 spiro atoms. The van der Waals surface area contributed by atoms with E-state index < -0.39 is 11.6 Å². The van der Waals surface area contributed by atoms with Crippen molar-refractivity contribution >= 4 is 0 Å². The Balaban J connectivity index is 2.60. The summed E-state index contributed by atoms with van der Waals surface area (Å²) in [4.78, 5) is 0. The van der Waals surface area contributed by atoms with Gasteiger partial charge in [0.1, 0.15) is 18.2 Å². The molecule has 0 aliphatic carbocycles. The SMILES string of the molecule is CC(C)n1c(CO)nnc1-c1cc(F)cc(F)c1. The zero-order chi connectivity index (χ0) is 13.3. The maximum absolute atomic E-state index is 13.2. The Kier molecular flexibility index (Phi) is 3.38. The Hall–Kier alpha value is -1.82. The Morgan fingerprint density at radius 3 is 2.28 bits per heavy atom. The van der Waals surface area contributed by atoms with Crippen molar-refractivity contribution in [3.05, 3.63) is 35.7 Å². The maximum atomic E-state index is 13.2. The molecule has 2 aromatic rings. The Bertz CT molecular complexity index is 546. The van der Waals surface area contributed by atoms with Crippen LogP contribution in [-0.2, 0) is 6.61 Å². The van der Waals surface area contributed by atoms with E-state index in [1.807, 2.05) is 13.8 Å². The minimum atomic E-state index is -0.672. The second-order valence-corrected chi connectivity index (χ2v) is 4.22. The van der Waals surface area contributed by atoms with Crippen LogP contribution in [0.4, 0.5) is 8.78 Å². The van der Waals surface area contributed by atoms with E-state index >= 15 is 0 Å². The number of benzene rings is 1. The van der Waals surface area contributed by atoms with Crippen LogP contribution in [0.25, 0.3) is 11.4 Å². The van der Waals surface area contributed by atoms with Gasteiger partial charge in [-0.25, -0.2) is 8.78 Å². The molecule has 0 unspecified atom stereocenters. The van der Waals surface area contributed by atoms with E-state index in [0.29, 0.717) is 17.2 Å². The molecule has 1 aromatic heterocycles. The van der Waals surface area contributed by atoms with Crippen molar-refractivity contribution in [1.82, 2.24) is 14.8 Å². The van der Waals surface area contributed by atoms with Gasteiger partial charge in [0.05, 0.1) is 0 Å². The van der Waals surface area contributed by atoms with Crippen LogP contribution in [0.3, 0.4) is 0 Å². The number of aliphatic hydroxyl groups is 1. The van der Waals surface area contributed by atoms with E-state index in [2.05, 4.69) is 10.2 Å². The fourth-order valence-corrected chi connectivity index (χ4v) is 1.85. The fraction of sp³-hybridized carbons (Fsp3) is 0.333. The van der Waals surface area contributed by atoms with Gasteiger partial charge in [-0.05, 0) is 26.0 Å². The van der Waals surface area contributed by atoms with Crippen molar-refractivity contribution < 1.29 is 13.9 Å². The van der Waals surface area contributed by atoms with Crippen molar-refractivity contribution in [2.24, 2.45) is 0 Å². The van der Waals surface area contributed by atoms with Crippen LogP contribution in [0.15, 0.2) is 18.2 Å². The van der Waals surface area contributed by atoms with Gasteiger partial charge in [0.25, 0.3) is 0 Å². The van der Waals surface area contributed by atoms with Gasteiger partial charge in [0.2, 0.25) is 0 Å². The second kappa shape index (κ2) is 4.81. The van der Waals surface area contributed by atoms with Gasteiger partial charge in [-0.15, -0.1) is 10.2 Å². The molecule has 1 heterocycles. The first kappa shape index (κ1) is 12.6. The van der Waals surface area contributed by atoms with Crippen LogP contribution in [0.5, 0.6) is 0 Å². The van der Waals surface area contributed by atoms with Crippen LogP contribution in [0, 0.1) is 11.6 Å². The molecular weight excluding hydrogens is 240 g/mol. The standard InChI is InChI=1S/C12H13F2N3O/c1-7(2)17-11(6-18)15-16-12(17)8-3-9(13)5-10(14)4-8/h3-5,7,18H,6H2,1-2H3. The number of hydrogen-bond acceptors (Lipinski definition) is 3. The molecule has 0 fully saturated rings. The topological polar surface area (TPSA) is 50.9 Å². The normalized spacial score (nSPS) is 11.2. The summed E-state index contributed by atoms with van der Waals surface area (Å²) in [6.45, 7) is 3.48. The van der Waals surface area contributed by atoms with Gasteiger partial charge in [0, 0.05) is 17.7 Å². The van der Waals surface area contributed by atoms with E-state index in [4.69, 9.17) is 5.11 Å². The third kappa shape index (κ3) is 2.24. The molecule has 0 saturated heterocycles. The van der Waals surface area contributed by atoms with Crippen molar-refractivity contribution in [1.29, 1.82) is 0 Å². The molecule has 0 aliphatic heterocycles. The lowest BCUT2D eigenvalue weighted by Crippen LogP contribution is -2.08. The lowest BCUT2D eigenvalue weighted by Gasteiger charge is -2.13. The largest absolute Gasteiger partial charge is 0.388 e. The summed E-state index contributed by atoms with van der Waals surface area (Å²) in [6, 6.07) is 3.15. The molecule has 0 amide bonds. The van der Waals surface area contributed by atoms with Crippen LogP contribution in [0.1, 0.15) is 25.7 Å². The molecule has 0 bridgehead atoms. The summed E-state index contributed by atoms with van der Waals surface area (Å²) in [5.41, 5.74) is 0.299. The lowest BCUT2D eigenvalue weighted by molar-refractivity contribution is 0.262. The van der Waals surface area contributed by atoms with Crippen molar-refractivity contribution in [3.63, 3.8) is 0 Å². The monoisotopic (exact) mass is 253 g/mol. The molecule has 2 rings (SSSR count). The van der Waals surface area contributed by atoms with Crippen LogP contribution in [-0.4, -0.2) is 19.9 Å². The lowest BCUT2D eigenvalue weighted by atomic mass is 10.2. The predicted octanol–water partition coefficient (Wildman–Crippen LogP) is 2.30. The Labute approximate surface area is 103 Å². The molecule has 4 nitrogen and oxygen atoms in total. The molecule has 18 heavy (non-hydrogen) atoms. The minimum Gasteiger partial charge on any atom is -0.388 e. The van der Waals surface area contributed by atoms with Gasteiger partial charge < -0.3 is 9.67 Å². The molecule has 1 aromatic carbocycles. The summed E-state index contributed by atoms with van der Waals surface area (Å²) >= 11 is 0. The van der Waals surface area contributed by atoms with Gasteiger partial charge in [-0.2, -0.15) is 0 Å². The first-order chi connectivity index (χ1) is 8.52. The molecular formula is C12H13F2N3O. The average Bonchev–Trinajstić information content (AvgIpc) is 2.71. The van der Waals surface area contributed by atoms with E-state index in [1.165, 1.54) is 12.1 Å². The summed E-state index contributed by atoms with van der Waals surface area (Å²) in [5, 5.41) is 16.9. The fourth-order valence-electron chi connectivity index (χ4n) is 1.85. The van der Waals surface area contributed by atoms with Crippen LogP contribution < -0.4 is 0 Å². The van der Waals surface area contributed by atoms with Crippen molar-refractivity contribution in [2.75, 3.05) is 0 Å². The number of hydrogen-bond donors (Lipinski definition) is 1. The number of aromatic nitrogens is 3. The quantitative estimate of drug-likeness (QED) is 0.913. The molecule has 1 N–H and O–H groups in total. The van der Waals surface area contributed by atoms with E-state index in [1.54, 1.807) is 4.57 Å². The smallest absolute Gasteiger partial charge is 0.164 e. The van der Waals surface area contributed by atoms with Gasteiger partial charge in [0.15, 0.2) is 11.6 Å². The summed E-state index contributed by atoms with van der Waals surface area (Å²) in [6.07, 6.45) is 0. The highest BCUT2D eigenvalue weighted by molar-refractivity contribution is 5.55. The molecule has 6 heteroatoms. The highest BCUT2D eigenvalue weighted by Crippen LogP contribution is 2.24. The molecule has 0 saturated carbocycles. The van der Waals surface area contributed by atoms with Gasteiger partial charge in [-0.1, -0.05) is 0 Å². The zero-order valence-electron chi connectivity index (χ0n) is 10.1. The van der Waals surface area contributed by atoms with Crippen LogP contribution in [0.2, 0.25) is 0 Å². The van der Waals surface area contributed by atoms with Crippen molar-refractivity contribution in [3.8, 4) is 11.4 Å². The number of nitrogens with zero attached hydrogens (tertiary/aromatic N) is 3. The van der Waals surface area contributed by atoms with E-state index in [9.17, 15) is 8.78 Å². The third-order valence-electron chi connectivity index (χ3n) is 2.54. The second-order valence-electron chi connectivity index (χ2n) is 4.22. The first-order valence-electron chi connectivity index (χ1n) is 5.54. The Morgan fingerprint density at radius 1 is 1.17 bits per heavy atom. The highest BCUT2D eigenvalue weighted by Gasteiger charge is 2.16. The predicted molar refractivity (Wildman–Crippen MR) is 61.7 cm³/mol. The van der Waals surface area contributed by atoms with E-state index in [0.717, 1.165) is 6.07 Å². The maximum Gasteiger partial charge on any atom is 0.164 e. The summed E-state index contributed by atoms with van der Waals surface area (Å²) < 4.78 is 28.0. The molecule has 0 atom stereocenters. The van der Waals surface area contributed by atoms with E-state index in [-0.39, 0.29) is 12.6 Å². The van der Waals surface area contributed by atoms with Gasteiger partial charge in [-0.3, -0.25) is 0 Å². The summed E-state index contributed by atoms with van der Waals surface area (Å²) in [5.74, 6) is -0.639. The number of rotatable bonds is 3. The Morgan fingerprint density at radius 2 is 1.78 bits per heavy atom. The first-order valence-corrected chi connectivity index (χ1v) is 5.54. The zero-order valence-corrected chi connectivity index (χ0v) is 10.1. The molecule has 0 aliphatic rings. The minimum absolute atomic E-state index is 0.0246. The molecule has 0 radical (unpaired) electrons. The summed E-state index contributed by atoms with van der Waals surface area (Å²) in [7, 11) is 0. The average molecular weight is 253 g/mol. The van der Waals surface area contributed by atoms with Gasteiger partial charge >= 0.3 is 0 Å². The van der Waals surface area contributed by atoms with Crippen molar-refractivity contribution in [2.45, 2.75) is 26.5 Å². The van der Waals surface area contributed by atoms with Crippen LogP contribution >= 0.6 is 0 Å².